The molecule has 186 valence electrons. The van der Waals surface area contributed by atoms with Crippen LogP contribution in [0.2, 0.25) is 0 Å². The molecule has 0 aliphatic carbocycles. The van der Waals surface area contributed by atoms with Crippen molar-refractivity contribution >= 4 is 60.0 Å². The molecule has 0 bridgehead atoms. The molecule has 40 heavy (non-hydrogen) atoms. The Kier molecular flexibility index (Phi) is 4.30. The highest BCUT2D eigenvalue weighted by Gasteiger charge is 2.19. The van der Waals surface area contributed by atoms with Crippen LogP contribution in [0.3, 0.4) is 0 Å². The van der Waals surface area contributed by atoms with Crippen LogP contribution in [0.4, 0.5) is 0 Å². The Hall–Kier alpha value is -5.48. The summed E-state index contributed by atoms with van der Waals surface area (Å²) in [5, 5.41) is 17.5. The second-order valence-electron chi connectivity index (χ2n) is 10.2. The van der Waals surface area contributed by atoms with Crippen LogP contribution in [0.5, 0.6) is 0 Å². The maximum Gasteiger partial charge on any atom is 0.169 e. The molecule has 0 amide bonds. The van der Waals surface area contributed by atoms with Crippen LogP contribution >= 0.6 is 0 Å². The fraction of sp³-hybridized carbons (Fsp3) is 0. The second kappa shape index (κ2) is 8.01. The topological polar surface area (TPSA) is 43.3 Å². The zero-order chi connectivity index (χ0) is 26.2. The van der Waals surface area contributed by atoms with E-state index in [0.29, 0.717) is 0 Å². The molecule has 0 spiro atoms. The summed E-state index contributed by atoms with van der Waals surface area (Å²) in [5.74, 6) is 0.835. The van der Waals surface area contributed by atoms with Crippen molar-refractivity contribution in [3.05, 3.63) is 127 Å². The third-order valence-corrected chi connectivity index (χ3v) is 8.13. The molecule has 0 fully saturated rings. The standard InChI is InChI=1S/C36H21N3O/c1-2-11-23-22(10-1)25(28-16-9-17-29-27-14-6-8-19-33(27)40-34(28)29)20-21-31(23)36-38-37-35-30-15-4-3-12-24(30)26-13-5-7-18-32(26)39(35)36/h1-21H. The Labute approximate surface area is 228 Å². The van der Waals surface area contributed by atoms with Crippen molar-refractivity contribution in [2.75, 3.05) is 0 Å². The molecule has 9 aromatic rings. The van der Waals surface area contributed by atoms with Crippen LogP contribution < -0.4 is 0 Å². The molecule has 0 aliphatic heterocycles. The van der Waals surface area contributed by atoms with Crippen LogP contribution in [-0.4, -0.2) is 14.6 Å². The molecule has 6 aromatic carbocycles. The number of rotatable bonds is 2. The van der Waals surface area contributed by atoms with Gasteiger partial charge in [-0.05, 0) is 39.9 Å². The van der Waals surface area contributed by atoms with Crippen molar-refractivity contribution in [1.82, 2.24) is 14.6 Å². The van der Waals surface area contributed by atoms with Gasteiger partial charge in [-0.15, -0.1) is 10.2 Å². The highest BCUT2D eigenvalue weighted by molar-refractivity contribution is 6.15. The van der Waals surface area contributed by atoms with Gasteiger partial charge >= 0.3 is 0 Å². The molecule has 3 heterocycles. The van der Waals surface area contributed by atoms with E-state index in [1.807, 2.05) is 12.1 Å². The van der Waals surface area contributed by atoms with Crippen LogP contribution in [-0.2, 0) is 0 Å². The summed E-state index contributed by atoms with van der Waals surface area (Å²) in [5.41, 5.74) is 7.03. The van der Waals surface area contributed by atoms with E-state index in [0.717, 1.165) is 71.8 Å². The van der Waals surface area contributed by atoms with E-state index >= 15 is 0 Å². The van der Waals surface area contributed by atoms with Crippen molar-refractivity contribution in [2.24, 2.45) is 0 Å². The van der Waals surface area contributed by atoms with Gasteiger partial charge < -0.3 is 4.42 Å². The molecule has 0 aliphatic rings. The molecule has 0 atom stereocenters. The first kappa shape index (κ1) is 21.5. The molecule has 4 nitrogen and oxygen atoms in total. The SMILES string of the molecule is c1ccc2c(c1)oc1c(-c3ccc(-c4nnc5c6ccccc6c6ccccc6n45)c4ccccc34)cccc12. The third-order valence-electron chi connectivity index (χ3n) is 8.13. The summed E-state index contributed by atoms with van der Waals surface area (Å²) in [4.78, 5) is 0. The van der Waals surface area contributed by atoms with Gasteiger partial charge in [-0.2, -0.15) is 0 Å². The summed E-state index contributed by atoms with van der Waals surface area (Å²) < 4.78 is 8.62. The minimum atomic E-state index is 0.835. The predicted octanol–water partition coefficient (Wildman–Crippen LogP) is 9.42. The zero-order valence-corrected chi connectivity index (χ0v) is 21.4. The van der Waals surface area contributed by atoms with Gasteiger partial charge in [0.15, 0.2) is 11.5 Å². The van der Waals surface area contributed by atoms with Crippen LogP contribution in [0.25, 0.3) is 82.5 Å². The largest absolute Gasteiger partial charge is 0.455 e. The summed E-state index contributed by atoms with van der Waals surface area (Å²) in [6.45, 7) is 0. The lowest BCUT2D eigenvalue weighted by Crippen LogP contribution is -1.95. The maximum atomic E-state index is 6.41. The Morgan fingerprint density at radius 3 is 1.90 bits per heavy atom. The van der Waals surface area contributed by atoms with Crippen molar-refractivity contribution in [3.63, 3.8) is 0 Å². The molecule has 4 heteroatoms. The second-order valence-corrected chi connectivity index (χ2v) is 10.2. The number of nitrogens with zero attached hydrogens (tertiary/aromatic N) is 3. The number of hydrogen-bond acceptors (Lipinski definition) is 3. The molecule has 3 aromatic heterocycles. The minimum absolute atomic E-state index is 0.835. The third kappa shape index (κ3) is 2.85. The van der Waals surface area contributed by atoms with Gasteiger partial charge in [0.1, 0.15) is 11.2 Å². The first-order valence-corrected chi connectivity index (χ1v) is 13.4. The normalized spacial score (nSPS) is 12.0. The molecule has 0 radical (unpaired) electrons. The summed E-state index contributed by atoms with van der Waals surface area (Å²) in [6.07, 6.45) is 0. The monoisotopic (exact) mass is 511 g/mol. The van der Waals surface area contributed by atoms with Gasteiger partial charge in [0.05, 0.1) is 5.52 Å². The Bertz CT molecular complexity index is 2450. The van der Waals surface area contributed by atoms with E-state index in [1.54, 1.807) is 0 Å². The van der Waals surface area contributed by atoms with Crippen LogP contribution in [0.15, 0.2) is 132 Å². The molecule has 0 saturated carbocycles. The number of aromatic nitrogens is 3. The lowest BCUT2D eigenvalue weighted by atomic mass is 9.93. The highest BCUT2D eigenvalue weighted by Crippen LogP contribution is 2.41. The van der Waals surface area contributed by atoms with E-state index in [-0.39, 0.29) is 0 Å². The minimum Gasteiger partial charge on any atom is -0.455 e. The Morgan fingerprint density at radius 2 is 1.05 bits per heavy atom. The fourth-order valence-corrected chi connectivity index (χ4v) is 6.36. The van der Waals surface area contributed by atoms with Gasteiger partial charge in [0, 0.05) is 32.7 Å². The van der Waals surface area contributed by atoms with Gasteiger partial charge in [-0.3, -0.25) is 4.40 Å². The van der Waals surface area contributed by atoms with E-state index in [9.17, 15) is 0 Å². The first-order chi connectivity index (χ1) is 19.9. The summed E-state index contributed by atoms with van der Waals surface area (Å²) in [6, 6.07) is 44.5. The highest BCUT2D eigenvalue weighted by atomic mass is 16.3. The van der Waals surface area contributed by atoms with Crippen LogP contribution in [0, 0.1) is 0 Å². The Balaban J connectivity index is 1.36. The number of benzene rings is 6. The smallest absolute Gasteiger partial charge is 0.169 e. The summed E-state index contributed by atoms with van der Waals surface area (Å²) in [7, 11) is 0. The lowest BCUT2D eigenvalue weighted by Gasteiger charge is -2.13. The molecule has 0 unspecified atom stereocenters. The lowest BCUT2D eigenvalue weighted by molar-refractivity contribution is 0.670. The van der Waals surface area contributed by atoms with E-state index < -0.39 is 0 Å². The average molecular weight is 512 g/mol. The van der Waals surface area contributed by atoms with Crippen LogP contribution in [0.1, 0.15) is 0 Å². The number of para-hydroxylation sites is 3. The molecular formula is C36H21N3O. The number of pyridine rings is 1. The summed E-state index contributed by atoms with van der Waals surface area (Å²) >= 11 is 0. The Morgan fingerprint density at radius 1 is 0.425 bits per heavy atom. The first-order valence-electron chi connectivity index (χ1n) is 13.4. The van der Waals surface area contributed by atoms with E-state index in [2.05, 4.69) is 120 Å². The fourth-order valence-electron chi connectivity index (χ4n) is 6.36. The molecule has 0 N–H and O–H groups in total. The van der Waals surface area contributed by atoms with Crippen molar-refractivity contribution < 1.29 is 4.42 Å². The molecule has 0 saturated heterocycles. The number of hydrogen-bond donors (Lipinski definition) is 0. The van der Waals surface area contributed by atoms with Gasteiger partial charge in [0.2, 0.25) is 0 Å². The van der Waals surface area contributed by atoms with Gasteiger partial charge in [-0.1, -0.05) is 109 Å². The predicted molar refractivity (Wildman–Crippen MR) is 164 cm³/mol. The average Bonchev–Trinajstić information content (AvgIpc) is 3.63. The van der Waals surface area contributed by atoms with Gasteiger partial charge in [-0.25, -0.2) is 0 Å². The quantitative estimate of drug-likeness (QED) is 0.217. The molecular weight excluding hydrogens is 490 g/mol. The van der Waals surface area contributed by atoms with Crippen molar-refractivity contribution in [2.45, 2.75) is 0 Å². The van der Waals surface area contributed by atoms with E-state index in [1.165, 1.54) is 10.8 Å². The van der Waals surface area contributed by atoms with Gasteiger partial charge in [0.25, 0.3) is 0 Å². The van der Waals surface area contributed by atoms with Crippen molar-refractivity contribution in [3.8, 4) is 22.5 Å². The number of fused-ring (bicyclic) bond motifs is 10. The van der Waals surface area contributed by atoms with Crippen molar-refractivity contribution in [1.29, 1.82) is 0 Å². The zero-order valence-electron chi connectivity index (χ0n) is 21.4. The maximum absolute atomic E-state index is 6.41. The molecule has 9 rings (SSSR count). The van der Waals surface area contributed by atoms with E-state index in [4.69, 9.17) is 14.6 Å². The number of furan rings is 1.